The molecule has 2 N–H and O–H groups in total. The number of hydrogen-bond acceptors (Lipinski definition) is 2. The van der Waals surface area contributed by atoms with E-state index in [4.69, 9.17) is 5.11 Å². The molecule has 1 aromatic carbocycles. The van der Waals surface area contributed by atoms with Crippen LogP contribution in [0.15, 0.2) is 24.3 Å². The van der Waals surface area contributed by atoms with Crippen molar-refractivity contribution in [1.82, 2.24) is 5.32 Å². The summed E-state index contributed by atoms with van der Waals surface area (Å²) in [5.74, 6) is -0.236. The lowest BCUT2D eigenvalue weighted by Crippen LogP contribution is -2.23. The monoisotopic (exact) mass is 409 g/mol. The molecule has 4 nitrogen and oxygen atoms in total. The van der Waals surface area contributed by atoms with Crippen molar-refractivity contribution < 1.29 is 14.7 Å². The van der Waals surface area contributed by atoms with Gasteiger partial charge in [0.1, 0.15) is 0 Å². The highest BCUT2D eigenvalue weighted by Gasteiger charge is 2.00. The molecular weight excluding hydrogens is 362 g/mol. The molecule has 0 bridgehead atoms. The predicted molar refractivity (Wildman–Crippen MR) is 126 cm³/mol. The maximum absolute atomic E-state index is 11.5. The lowest BCUT2D eigenvalue weighted by Gasteiger charge is -2.04. The molecule has 0 radical (unpaired) electrons. The van der Waals surface area contributed by atoms with Crippen LogP contribution in [0.4, 0.5) is 0 Å². The number of carboxylic acids is 1. The van der Waals surface area contributed by atoms with Crippen LogP contribution in [0.5, 0.6) is 0 Å². The summed E-state index contributed by atoms with van der Waals surface area (Å²) in [6.07, 6.45) is 6.29. The highest BCUT2D eigenvalue weighted by atomic mass is 16.4. The van der Waals surface area contributed by atoms with Gasteiger partial charge >= 0.3 is 5.97 Å². The van der Waals surface area contributed by atoms with E-state index in [9.17, 15) is 9.59 Å². The minimum atomic E-state index is -0.713. The fourth-order valence-corrected chi connectivity index (χ4v) is 2.21. The average molecular weight is 410 g/mol. The second-order valence-corrected chi connectivity index (χ2v) is 6.89. The van der Waals surface area contributed by atoms with E-state index in [0.717, 1.165) is 38.6 Å². The molecule has 0 aromatic heterocycles. The van der Waals surface area contributed by atoms with Gasteiger partial charge in [-0.25, -0.2) is 0 Å². The van der Waals surface area contributed by atoms with Crippen LogP contribution in [0.1, 0.15) is 98.1 Å². The molecular formula is C25H47NO3. The number of hydrogen-bond donors (Lipinski definition) is 2. The van der Waals surface area contributed by atoms with Gasteiger partial charge in [-0.1, -0.05) is 84.7 Å². The van der Waals surface area contributed by atoms with Crippen molar-refractivity contribution in [2.24, 2.45) is 5.92 Å². The van der Waals surface area contributed by atoms with Gasteiger partial charge in [0.25, 0.3) is 0 Å². The number of nitrogens with one attached hydrogen (secondary N) is 1. The van der Waals surface area contributed by atoms with Crippen molar-refractivity contribution in [2.45, 2.75) is 100 Å². The fraction of sp³-hybridized carbons (Fsp3) is 0.680. The molecule has 0 aliphatic heterocycles. The highest BCUT2D eigenvalue weighted by Crippen LogP contribution is 2.08. The van der Waals surface area contributed by atoms with Crippen molar-refractivity contribution in [3.05, 3.63) is 35.4 Å². The molecule has 0 heterocycles. The van der Waals surface area contributed by atoms with Crippen molar-refractivity contribution in [1.29, 1.82) is 0 Å². The van der Waals surface area contributed by atoms with Crippen LogP contribution in [-0.2, 0) is 16.0 Å². The number of carboxylic acid groups (broad SMARTS) is 1. The largest absolute Gasteiger partial charge is 0.481 e. The maximum Gasteiger partial charge on any atom is 0.303 e. The van der Waals surface area contributed by atoms with Crippen LogP contribution in [0.25, 0.3) is 0 Å². The molecule has 29 heavy (non-hydrogen) atoms. The van der Waals surface area contributed by atoms with E-state index in [1.165, 1.54) is 11.1 Å². The number of carbonyl (C=O) groups is 2. The van der Waals surface area contributed by atoms with E-state index in [1.807, 2.05) is 41.5 Å². The van der Waals surface area contributed by atoms with E-state index in [2.05, 4.69) is 43.4 Å². The summed E-state index contributed by atoms with van der Waals surface area (Å²) in [7, 11) is 0. The second-order valence-electron chi connectivity index (χ2n) is 6.89. The Morgan fingerprint density at radius 3 is 1.93 bits per heavy atom. The summed E-state index contributed by atoms with van der Waals surface area (Å²) in [6.45, 7) is 16.8. The molecule has 0 spiro atoms. The number of benzene rings is 1. The first-order valence-corrected chi connectivity index (χ1v) is 11.4. The highest BCUT2D eigenvalue weighted by molar-refractivity contribution is 5.75. The lowest BCUT2D eigenvalue weighted by molar-refractivity contribution is -0.137. The molecule has 0 fully saturated rings. The van der Waals surface area contributed by atoms with Gasteiger partial charge in [-0.05, 0) is 44.1 Å². The summed E-state index contributed by atoms with van der Waals surface area (Å²) < 4.78 is 0. The molecule has 1 amide bonds. The van der Waals surface area contributed by atoms with Gasteiger partial charge in [-0.2, -0.15) is 0 Å². The Bertz CT molecular complexity index is 481. The minimum Gasteiger partial charge on any atom is -0.481 e. The number of unbranched alkanes of at least 4 members (excludes halogenated alkanes) is 2. The lowest BCUT2D eigenvalue weighted by atomic mass is 10.1. The SMILES string of the molecule is CC.CC.CC(C)CC(=O)O.CCCCNC(=O)CCCCc1ccc(C)cc1. The molecule has 1 aromatic rings. The van der Waals surface area contributed by atoms with Gasteiger partial charge < -0.3 is 10.4 Å². The zero-order valence-electron chi connectivity index (χ0n) is 20.3. The molecule has 0 unspecified atom stereocenters. The molecule has 170 valence electrons. The predicted octanol–water partition coefficient (Wildman–Crippen LogP) is 6.79. The van der Waals surface area contributed by atoms with E-state index < -0.39 is 5.97 Å². The van der Waals surface area contributed by atoms with Crippen molar-refractivity contribution in [2.75, 3.05) is 6.54 Å². The molecule has 1 rings (SSSR count). The first kappa shape index (κ1) is 31.8. The van der Waals surface area contributed by atoms with Crippen LogP contribution in [0.2, 0.25) is 0 Å². The number of rotatable bonds is 10. The maximum atomic E-state index is 11.5. The topological polar surface area (TPSA) is 66.4 Å². The number of carbonyl (C=O) groups excluding carboxylic acids is 1. The number of amides is 1. The summed E-state index contributed by atoms with van der Waals surface area (Å²) in [5.41, 5.74) is 2.67. The summed E-state index contributed by atoms with van der Waals surface area (Å²) in [4.78, 5) is 21.3. The Kier molecular flexibility index (Phi) is 26.6. The Balaban J connectivity index is -0.000000516. The molecule has 0 saturated carbocycles. The first-order chi connectivity index (χ1) is 13.8. The van der Waals surface area contributed by atoms with Gasteiger partial charge in [-0.15, -0.1) is 0 Å². The minimum absolute atomic E-state index is 0.201. The van der Waals surface area contributed by atoms with E-state index in [0.29, 0.717) is 6.42 Å². The summed E-state index contributed by atoms with van der Waals surface area (Å²) in [5, 5.41) is 11.0. The Morgan fingerprint density at radius 2 is 1.52 bits per heavy atom. The van der Waals surface area contributed by atoms with Gasteiger partial charge in [0.2, 0.25) is 5.91 Å². The van der Waals surface area contributed by atoms with E-state index in [-0.39, 0.29) is 18.2 Å². The molecule has 0 aliphatic carbocycles. The third-order valence-corrected chi connectivity index (χ3v) is 3.68. The van der Waals surface area contributed by atoms with Crippen LogP contribution in [0.3, 0.4) is 0 Å². The Hall–Kier alpha value is -1.84. The molecule has 0 atom stereocenters. The van der Waals surface area contributed by atoms with Crippen LogP contribution < -0.4 is 5.32 Å². The van der Waals surface area contributed by atoms with Crippen LogP contribution in [0, 0.1) is 12.8 Å². The molecule has 0 aliphatic rings. The fourth-order valence-electron chi connectivity index (χ4n) is 2.21. The van der Waals surface area contributed by atoms with Crippen molar-refractivity contribution in [3.8, 4) is 0 Å². The van der Waals surface area contributed by atoms with Gasteiger partial charge in [0.05, 0.1) is 0 Å². The molecule has 4 heteroatoms. The zero-order chi connectivity index (χ0) is 23.1. The Labute approximate surface area is 180 Å². The summed E-state index contributed by atoms with van der Waals surface area (Å²) in [6, 6.07) is 8.65. The van der Waals surface area contributed by atoms with Gasteiger partial charge in [0, 0.05) is 19.4 Å². The van der Waals surface area contributed by atoms with E-state index >= 15 is 0 Å². The second kappa shape index (κ2) is 24.2. The normalized spacial score (nSPS) is 9.14. The third-order valence-electron chi connectivity index (χ3n) is 3.68. The van der Waals surface area contributed by atoms with Gasteiger partial charge in [0.15, 0.2) is 0 Å². The average Bonchev–Trinajstić information content (AvgIpc) is 2.69. The summed E-state index contributed by atoms with van der Waals surface area (Å²) >= 11 is 0. The third kappa shape index (κ3) is 26.2. The smallest absolute Gasteiger partial charge is 0.303 e. The number of aliphatic carboxylic acids is 1. The van der Waals surface area contributed by atoms with Crippen LogP contribution in [-0.4, -0.2) is 23.5 Å². The van der Waals surface area contributed by atoms with Gasteiger partial charge in [-0.3, -0.25) is 9.59 Å². The first-order valence-electron chi connectivity index (χ1n) is 11.4. The number of aryl methyl sites for hydroxylation is 2. The standard InChI is InChI=1S/C16H25NO.C5H10O2.2C2H6/c1-3-4-13-17-16(18)8-6-5-7-15-11-9-14(2)10-12-15;1-4(2)3-5(6)7;2*1-2/h9-12H,3-8,13H2,1-2H3,(H,17,18);4H,3H2,1-2H3,(H,6,7);2*1-2H3. The van der Waals surface area contributed by atoms with Crippen LogP contribution >= 0.6 is 0 Å². The van der Waals surface area contributed by atoms with Crippen molar-refractivity contribution >= 4 is 11.9 Å². The molecule has 0 saturated heterocycles. The Morgan fingerprint density at radius 1 is 0.966 bits per heavy atom. The zero-order valence-corrected chi connectivity index (χ0v) is 20.3. The van der Waals surface area contributed by atoms with E-state index in [1.54, 1.807) is 0 Å². The quantitative estimate of drug-likeness (QED) is 0.418. The van der Waals surface area contributed by atoms with Crippen molar-refractivity contribution in [3.63, 3.8) is 0 Å².